The highest BCUT2D eigenvalue weighted by molar-refractivity contribution is 4.82. The van der Waals surface area contributed by atoms with Crippen LogP contribution in [-0.4, -0.2) is 56.1 Å². The fourth-order valence-corrected chi connectivity index (χ4v) is 2.42. The van der Waals surface area contributed by atoms with Crippen LogP contribution in [0, 0.1) is 0 Å². The van der Waals surface area contributed by atoms with Gasteiger partial charge < -0.3 is 19.7 Å². The zero-order chi connectivity index (χ0) is 11.6. The molecule has 1 atom stereocenters. The summed E-state index contributed by atoms with van der Waals surface area (Å²) < 4.78 is 11.3. The third-order valence-corrected chi connectivity index (χ3v) is 3.36. The van der Waals surface area contributed by atoms with Gasteiger partial charge in [0, 0.05) is 12.6 Å². The summed E-state index contributed by atoms with van der Waals surface area (Å²) >= 11 is 0. The molecule has 1 unspecified atom stereocenters. The first kappa shape index (κ1) is 12.3. The van der Waals surface area contributed by atoms with Crippen molar-refractivity contribution in [3.05, 3.63) is 0 Å². The van der Waals surface area contributed by atoms with E-state index in [0.29, 0.717) is 12.1 Å². The van der Waals surface area contributed by atoms with E-state index in [1.807, 2.05) is 13.8 Å². The van der Waals surface area contributed by atoms with Gasteiger partial charge in [-0.2, -0.15) is 0 Å². The standard InChI is InChI=1S/C12H24N2O2/c1-12(2)15-8-11(9-16-12)13-10-5-4-6-14(3)7-10/h10-11,13H,4-9H2,1-3H3. The molecular weight excluding hydrogens is 204 g/mol. The number of hydrogen-bond acceptors (Lipinski definition) is 4. The zero-order valence-corrected chi connectivity index (χ0v) is 10.7. The van der Waals surface area contributed by atoms with Gasteiger partial charge in [-0.05, 0) is 40.3 Å². The van der Waals surface area contributed by atoms with Gasteiger partial charge in [0.25, 0.3) is 0 Å². The molecule has 4 nitrogen and oxygen atoms in total. The van der Waals surface area contributed by atoms with Gasteiger partial charge in [0.2, 0.25) is 0 Å². The first-order valence-electron chi connectivity index (χ1n) is 6.28. The highest BCUT2D eigenvalue weighted by atomic mass is 16.7. The SMILES string of the molecule is CN1CCCC(NC2COC(C)(C)OC2)C1. The van der Waals surface area contributed by atoms with Crippen LogP contribution in [0.1, 0.15) is 26.7 Å². The molecule has 2 rings (SSSR count). The Morgan fingerprint density at radius 2 is 1.88 bits per heavy atom. The minimum absolute atomic E-state index is 0.351. The molecule has 2 heterocycles. The minimum atomic E-state index is -0.401. The van der Waals surface area contributed by atoms with Gasteiger partial charge in [0.05, 0.1) is 19.3 Å². The van der Waals surface area contributed by atoms with Gasteiger partial charge >= 0.3 is 0 Å². The Balaban J connectivity index is 1.74. The number of likely N-dealkylation sites (tertiary alicyclic amines) is 1. The molecule has 0 bridgehead atoms. The largest absolute Gasteiger partial charge is 0.349 e. The summed E-state index contributed by atoms with van der Waals surface area (Å²) in [5.41, 5.74) is 0. The predicted molar refractivity (Wildman–Crippen MR) is 63.4 cm³/mol. The van der Waals surface area contributed by atoms with Crippen molar-refractivity contribution in [2.45, 2.75) is 44.6 Å². The molecule has 0 amide bonds. The molecule has 0 aliphatic carbocycles. The molecule has 4 heteroatoms. The first-order valence-corrected chi connectivity index (χ1v) is 6.28. The van der Waals surface area contributed by atoms with Crippen LogP contribution in [0.5, 0.6) is 0 Å². The summed E-state index contributed by atoms with van der Waals surface area (Å²) in [5.74, 6) is -0.401. The summed E-state index contributed by atoms with van der Waals surface area (Å²) in [6, 6.07) is 0.946. The topological polar surface area (TPSA) is 33.7 Å². The van der Waals surface area contributed by atoms with E-state index in [-0.39, 0.29) is 0 Å². The van der Waals surface area contributed by atoms with Crippen LogP contribution in [-0.2, 0) is 9.47 Å². The average molecular weight is 228 g/mol. The Bertz CT molecular complexity index is 223. The fraction of sp³-hybridized carbons (Fsp3) is 1.00. The average Bonchev–Trinajstić information content (AvgIpc) is 2.21. The van der Waals surface area contributed by atoms with Crippen molar-refractivity contribution < 1.29 is 9.47 Å². The smallest absolute Gasteiger partial charge is 0.162 e. The second-order valence-corrected chi connectivity index (χ2v) is 5.49. The third-order valence-electron chi connectivity index (χ3n) is 3.36. The highest BCUT2D eigenvalue weighted by Crippen LogP contribution is 2.18. The zero-order valence-electron chi connectivity index (χ0n) is 10.7. The normalized spacial score (nSPS) is 32.8. The van der Waals surface area contributed by atoms with Crippen LogP contribution in [0.2, 0.25) is 0 Å². The van der Waals surface area contributed by atoms with Crippen LogP contribution in [0.4, 0.5) is 0 Å². The van der Waals surface area contributed by atoms with Crippen LogP contribution in [0.3, 0.4) is 0 Å². The number of hydrogen-bond donors (Lipinski definition) is 1. The maximum atomic E-state index is 5.65. The lowest BCUT2D eigenvalue weighted by atomic mass is 10.1. The number of ether oxygens (including phenoxy) is 2. The Morgan fingerprint density at radius 3 is 2.50 bits per heavy atom. The van der Waals surface area contributed by atoms with Crippen LogP contribution in [0.15, 0.2) is 0 Å². The highest BCUT2D eigenvalue weighted by Gasteiger charge is 2.30. The van der Waals surface area contributed by atoms with Crippen molar-refractivity contribution in [1.29, 1.82) is 0 Å². The molecule has 0 aromatic rings. The van der Waals surface area contributed by atoms with Gasteiger partial charge in [-0.1, -0.05) is 0 Å². The van der Waals surface area contributed by atoms with E-state index in [9.17, 15) is 0 Å². The van der Waals surface area contributed by atoms with E-state index in [4.69, 9.17) is 9.47 Å². The molecule has 94 valence electrons. The van der Waals surface area contributed by atoms with Crippen molar-refractivity contribution in [3.63, 3.8) is 0 Å². The Hall–Kier alpha value is -0.160. The Labute approximate surface area is 98.3 Å². The molecule has 0 saturated carbocycles. The molecule has 16 heavy (non-hydrogen) atoms. The summed E-state index contributed by atoms with van der Waals surface area (Å²) in [4.78, 5) is 2.38. The fourth-order valence-electron chi connectivity index (χ4n) is 2.42. The number of nitrogens with one attached hydrogen (secondary N) is 1. The van der Waals surface area contributed by atoms with Crippen molar-refractivity contribution in [1.82, 2.24) is 10.2 Å². The molecule has 1 N–H and O–H groups in total. The van der Waals surface area contributed by atoms with Crippen LogP contribution in [0.25, 0.3) is 0 Å². The summed E-state index contributed by atoms with van der Waals surface area (Å²) in [7, 11) is 2.19. The first-order chi connectivity index (χ1) is 7.55. The second-order valence-electron chi connectivity index (χ2n) is 5.49. The van der Waals surface area contributed by atoms with Crippen molar-refractivity contribution in [2.24, 2.45) is 0 Å². The molecule has 0 radical (unpaired) electrons. The van der Waals surface area contributed by atoms with E-state index < -0.39 is 5.79 Å². The molecule has 0 aromatic carbocycles. The lowest BCUT2D eigenvalue weighted by Crippen LogP contribution is -2.54. The van der Waals surface area contributed by atoms with Gasteiger partial charge in [0.15, 0.2) is 5.79 Å². The lowest BCUT2D eigenvalue weighted by molar-refractivity contribution is -0.253. The predicted octanol–water partition coefficient (Wildman–Crippen LogP) is 0.822. The number of likely N-dealkylation sites (N-methyl/N-ethyl adjacent to an activating group) is 1. The maximum Gasteiger partial charge on any atom is 0.162 e. The molecule has 0 spiro atoms. The van der Waals surface area contributed by atoms with Crippen molar-refractivity contribution in [2.75, 3.05) is 33.4 Å². The van der Waals surface area contributed by atoms with Crippen molar-refractivity contribution in [3.8, 4) is 0 Å². The van der Waals surface area contributed by atoms with E-state index >= 15 is 0 Å². The molecule has 2 aliphatic heterocycles. The van der Waals surface area contributed by atoms with Crippen molar-refractivity contribution >= 4 is 0 Å². The maximum absolute atomic E-state index is 5.65. The lowest BCUT2D eigenvalue weighted by Gasteiger charge is -2.38. The van der Waals surface area contributed by atoms with E-state index in [1.54, 1.807) is 0 Å². The summed E-state index contributed by atoms with van der Waals surface area (Å²) in [6.45, 7) is 7.82. The van der Waals surface area contributed by atoms with Gasteiger partial charge in [-0.15, -0.1) is 0 Å². The Kier molecular flexibility index (Phi) is 3.85. The van der Waals surface area contributed by atoms with Gasteiger partial charge in [-0.25, -0.2) is 0 Å². The summed E-state index contributed by atoms with van der Waals surface area (Å²) in [6.07, 6.45) is 2.55. The third kappa shape index (κ3) is 3.42. The molecular formula is C12H24N2O2. The van der Waals surface area contributed by atoms with E-state index in [1.165, 1.54) is 19.4 Å². The Morgan fingerprint density at radius 1 is 1.19 bits per heavy atom. The number of rotatable bonds is 2. The molecule has 2 saturated heterocycles. The van der Waals surface area contributed by atoms with E-state index in [0.717, 1.165) is 19.8 Å². The molecule has 2 fully saturated rings. The van der Waals surface area contributed by atoms with Gasteiger partial charge in [0.1, 0.15) is 0 Å². The molecule has 2 aliphatic rings. The number of nitrogens with zero attached hydrogens (tertiary/aromatic N) is 1. The summed E-state index contributed by atoms with van der Waals surface area (Å²) in [5, 5.41) is 3.63. The number of piperidine rings is 1. The van der Waals surface area contributed by atoms with Crippen LogP contribution >= 0.6 is 0 Å². The van der Waals surface area contributed by atoms with Gasteiger partial charge in [-0.3, -0.25) is 0 Å². The van der Waals surface area contributed by atoms with Crippen LogP contribution < -0.4 is 5.32 Å². The monoisotopic (exact) mass is 228 g/mol. The molecule has 0 aromatic heterocycles. The minimum Gasteiger partial charge on any atom is -0.349 e. The second kappa shape index (κ2) is 5.00. The quantitative estimate of drug-likeness (QED) is 0.759. The van der Waals surface area contributed by atoms with E-state index in [2.05, 4.69) is 17.3 Å².